The Balaban J connectivity index is 1.14. The Morgan fingerprint density at radius 3 is 2.58 bits per heavy atom. The number of carbonyl (C=O) groups excluding carboxylic acids is 1. The lowest BCUT2D eigenvalue weighted by Crippen LogP contribution is -2.56. The smallest absolute Gasteiger partial charge is 0.410 e. The maximum atomic E-state index is 17.1. The average molecular weight is 731 g/mol. The highest BCUT2D eigenvalue weighted by atomic mass is 19.3. The number of fused-ring (bicyclic) bond motifs is 5. The molecule has 4 saturated heterocycles. The molecule has 1 aliphatic carbocycles. The van der Waals surface area contributed by atoms with Crippen LogP contribution in [0.2, 0.25) is 0 Å². The number of hydrogen-bond donors (Lipinski definition) is 1. The predicted octanol–water partition coefficient (Wildman–Crippen LogP) is 6.65. The van der Waals surface area contributed by atoms with Crippen LogP contribution < -0.4 is 9.64 Å². The molecule has 2 aromatic heterocycles. The van der Waals surface area contributed by atoms with Crippen molar-refractivity contribution in [1.82, 2.24) is 24.8 Å². The number of amides is 1. The Hall–Kier alpha value is -4.90. The first-order valence-corrected chi connectivity index (χ1v) is 18.1. The number of aromatic hydroxyl groups is 1. The van der Waals surface area contributed by atoms with Crippen molar-refractivity contribution in [3.8, 4) is 35.4 Å². The van der Waals surface area contributed by atoms with Gasteiger partial charge in [0.2, 0.25) is 0 Å². The molecule has 9 rings (SSSR count). The Labute approximate surface area is 303 Å². The van der Waals surface area contributed by atoms with E-state index in [0.29, 0.717) is 50.2 Å². The van der Waals surface area contributed by atoms with Gasteiger partial charge in [0.1, 0.15) is 35.2 Å². The molecule has 1 saturated carbocycles. The number of anilines is 1. The summed E-state index contributed by atoms with van der Waals surface area (Å²) >= 11 is 0. The van der Waals surface area contributed by atoms with Gasteiger partial charge < -0.3 is 19.5 Å². The molecule has 14 heteroatoms. The number of carbonyl (C=O) groups is 1. The molecule has 5 aliphatic rings. The molecular weight excluding hydrogens is 692 g/mol. The lowest BCUT2D eigenvalue weighted by Gasteiger charge is -2.41. The third-order valence-corrected chi connectivity index (χ3v) is 12.0. The Bertz CT molecular complexity index is 2230. The fourth-order valence-corrected chi connectivity index (χ4v) is 9.55. The summed E-state index contributed by atoms with van der Waals surface area (Å²) in [6.07, 6.45) is 9.69. The summed E-state index contributed by atoms with van der Waals surface area (Å²) in [5.74, 6) is -1.75. The van der Waals surface area contributed by atoms with E-state index in [-0.39, 0.29) is 82.2 Å². The normalized spacial score (nSPS) is 27.2. The number of phenols is 1. The van der Waals surface area contributed by atoms with E-state index >= 15 is 4.39 Å². The first-order chi connectivity index (χ1) is 25.3. The van der Waals surface area contributed by atoms with E-state index in [1.165, 1.54) is 30.5 Å². The zero-order valence-corrected chi connectivity index (χ0v) is 29.3. The summed E-state index contributed by atoms with van der Waals surface area (Å²) in [6.45, 7) is 5.43. The molecule has 4 aromatic rings. The van der Waals surface area contributed by atoms with Gasteiger partial charge in [0.15, 0.2) is 5.82 Å². The molecule has 1 N–H and O–H groups in total. The summed E-state index contributed by atoms with van der Waals surface area (Å²) in [5.41, 5.74) is -2.03. The van der Waals surface area contributed by atoms with Crippen LogP contribution in [0, 0.1) is 29.4 Å². The number of pyridine rings is 1. The van der Waals surface area contributed by atoms with Crippen molar-refractivity contribution in [1.29, 1.82) is 0 Å². The standard InChI is InChI=1S/C39H38F4N6O4/c1-4-26-29(40)9-6-22-12-25(50)13-27(30(22)26)32-31(41)33-28(14-44-32)34(47-15-23-7-8-24(16-47)49(23)36(51)53-21(2)3)46-35(45-33)52-20-38-10-5-11-48(38)19-37(17-38)18-39(37,42)43/h1,6,9,12-14,21,23-24,50H,5,7-8,10-11,15-20H2,2-3H3/t23-,24+,37?,38?. The molecule has 2 unspecified atom stereocenters. The van der Waals surface area contributed by atoms with Crippen molar-refractivity contribution < 1.29 is 36.9 Å². The second kappa shape index (κ2) is 11.8. The van der Waals surface area contributed by atoms with Gasteiger partial charge in [0, 0.05) is 43.2 Å². The number of terminal acetylenes is 1. The topological polar surface area (TPSA) is 104 Å². The summed E-state index contributed by atoms with van der Waals surface area (Å²) in [7, 11) is 0. The minimum absolute atomic E-state index is 0.0530. The van der Waals surface area contributed by atoms with Crippen LogP contribution in [-0.2, 0) is 4.74 Å². The molecule has 4 aliphatic heterocycles. The number of halogens is 4. The molecule has 1 amide bonds. The summed E-state index contributed by atoms with van der Waals surface area (Å²) in [4.78, 5) is 32.8. The van der Waals surface area contributed by atoms with Gasteiger partial charge in [-0.05, 0) is 76.1 Å². The zero-order valence-electron chi connectivity index (χ0n) is 29.3. The summed E-state index contributed by atoms with van der Waals surface area (Å²) in [5, 5.41) is 11.5. The van der Waals surface area contributed by atoms with Crippen molar-refractivity contribution in [3.63, 3.8) is 0 Å². The van der Waals surface area contributed by atoms with Crippen molar-refractivity contribution >= 4 is 33.6 Å². The van der Waals surface area contributed by atoms with Crippen LogP contribution in [0.25, 0.3) is 32.9 Å². The van der Waals surface area contributed by atoms with Crippen molar-refractivity contribution in [2.24, 2.45) is 5.41 Å². The molecule has 53 heavy (non-hydrogen) atoms. The highest BCUT2D eigenvalue weighted by Crippen LogP contribution is 2.69. The number of nitrogens with zero attached hydrogens (tertiary/aromatic N) is 6. The molecular formula is C39H38F4N6O4. The van der Waals surface area contributed by atoms with Crippen LogP contribution in [0.15, 0.2) is 30.5 Å². The van der Waals surface area contributed by atoms with E-state index in [9.17, 15) is 23.1 Å². The lowest BCUT2D eigenvalue weighted by molar-refractivity contribution is 0.0570. The van der Waals surface area contributed by atoms with Gasteiger partial charge in [-0.3, -0.25) is 14.8 Å². The summed E-state index contributed by atoms with van der Waals surface area (Å²) in [6, 6.07) is 4.84. The van der Waals surface area contributed by atoms with Gasteiger partial charge in [0.25, 0.3) is 5.92 Å². The first kappa shape index (κ1) is 33.9. The fraction of sp³-hybridized carbons (Fsp3) is 0.487. The van der Waals surface area contributed by atoms with Crippen LogP contribution in [0.5, 0.6) is 11.8 Å². The van der Waals surface area contributed by atoms with Crippen LogP contribution in [0.1, 0.15) is 57.9 Å². The molecule has 10 nitrogen and oxygen atoms in total. The van der Waals surface area contributed by atoms with Crippen LogP contribution in [0.4, 0.5) is 28.2 Å². The molecule has 4 atom stereocenters. The number of alkyl halides is 2. The number of rotatable bonds is 6. The third-order valence-electron chi connectivity index (χ3n) is 12.0. The second-order valence-corrected chi connectivity index (χ2v) is 15.7. The molecule has 2 bridgehead atoms. The number of ether oxygens (including phenoxy) is 2. The largest absolute Gasteiger partial charge is 0.508 e. The number of aromatic nitrogens is 3. The molecule has 2 aromatic carbocycles. The molecule has 6 heterocycles. The Morgan fingerprint density at radius 2 is 1.89 bits per heavy atom. The SMILES string of the molecule is C#Cc1c(F)ccc2cc(O)cc(-c3ncc4c(N5C[C@H]6CC[C@@H](C5)N6C(=O)OC(C)C)nc(OCC56CCCN5CC5(C6)CC5(F)F)nc4c3F)c12. The van der Waals surface area contributed by atoms with Gasteiger partial charge in [-0.1, -0.05) is 12.0 Å². The second-order valence-electron chi connectivity index (χ2n) is 15.7. The molecule has 5 fully saturated rings. The van der Waals surface area contributed by atoms with Gasteiger partial charge >= 0.3 is 12.1 Å². The minimum Gasteiger partial charge on any atom is -0.508 e. The number of phenolic OH excluding ortho intramolecular Hbond substituents is 1. The van der Waals surface area contributed by atoms with E-state index in [1.807, 2.05) is 4.90 Å². The van der Waals surface area contributed by atoms with E-state index in [0.717, 1.165) is 19.3 Å². The van der Waals surface area contributed by atoms with Crippen LogP contribution in [0.3, 0.4) is 0 Å². The van der Waals surface area contributed by atoms with Crippen molar-refractivity contribution in [2.75, 3.05) is 37.7 Å². The minimum atomic E-state index is -2.70. The molecule has 1 spiro atoms. The highest BCUT2D eigenvalue weighted by Gasteiger charge is 2.77. The first-order valence-electron chi connectivity index (χ1n) is 18.1. The van der Waals surface area contributed by atoms with E-state index in [2.05, 4.69) is 20.8 Å². The van der Waals surface area contributed by atoms with Crippen LogP contribution in [-0.4, -0.2) is 98.4 Å². The number of benzene rings is 2. The van der Waals surface area contributed by atoms with E-state index in [1.54, 1.807) is 18.7 Å². The van der Waals surface area contributed by atoms with Gasteiger partial charge in [0.05, 0.1) is 40.1 Å². The zero-order chi connectivity index (χ0) is 37.0. The monoisotopic (exact) mass is 730 g/mol. The van der Waals surface area contributed by atoms with E-state index < -0.39 is 28.5 Å². The lowest BCUT2D eigenvalue weighted by atomic mass is 9.89. The maximum Gasteiger partial charge on any atom is 0.410 e. The number of hydrogen-bond acceptors (Lipinski definition) is 9. The van der Waals surface area contributed by atoms with Crippen molar-refractivity contribution in [3.05, 3.63) is 47.7 Å². The quantitative estimate of drug-likeness (QED) is 0.173. The maximum absolute atomic E-state index is 17.1. The average Bonchev–Trinajstić information content (AvgIpc) is 3.38. The number of piperazine rings is 1. The molecule has 276 valence electrons. The van der Waals surface area contributed by atoms with Crippen LogP contribution >= 0.6 is 0 Å². The highest BCUT2D eigenvalue weighted by molar-refractivity contribution is 6.03. The van der Waals surface area contributed by atoms with Gasteiger partial charge in [-0.25, -0.2) is 22.4 Å². The third kappa shape index (κ3) is 5.25. The summed E-state index contributed by atoms with van der Waals surface area (Å²) < 4.78 is 73.0. The van der Waals surface area contributed by atoms with E-state index in [4.69, 9.17) is 20.9 Å². The molecule has 0 radical (unpaired) electrons. The predicted molar refractivity (Wildman–Crippen MR) is 188 cm³/mol. The van der Waals surface area contributed by atoms with Gasteiger partial charge in [-0.2, -0.15) is 9.97 Å². The Morgan fingerprint density at radius 1 is 1.13 bits per heavy atom. The fourth-order valence-electron chi connectivity index (χ4n) is 9.55. The van der Waals surface area contributed by atoms with Crippen molar-refractivity contribution in [2.45, 2.75) is 82.0 Å². The Kier molecular flexibility index (Phi) is 7.55. The van der Waals surface area contributed by atoms with Gasteiger partial charge in [-0.15, -0.1) is 6.42 Å².